The molecule has 1 aromatic carbocycles. The second kappa shape index (κ2) is 6.85. The zero-order valence-electron chi connectivity index (χ0n) is 14.9. The maximum Gasteiger partial charge on any atom is 0.360 e. The molecule has 2 bridgehead atoms. The van der Waals surface area contributed by atoms with Gasteiger partial charge in [0, 0.05) is 17.5 Å². The average molecular weight is 356 g/mol. The van der Waals surface area contributed by atoms with Crippen molar-refractivity contribution in [2.24, 2.45) is 5.41 Å². The first-order valence-corrected chi connectivity index (χ1v) is 9.08. The van der Waals surface area contributed by atoms with Gasteiger partial charge in [-0.15, -0.1) is 0 Å². The van der Waals surface area contributed by atoms with Crippen molar-refractivity contribution in [2.45, 2.75) is 44.3 Å². The van der Waals surface area contributed by atoms with Gasteiger partial charge in [-0.2, -0.15) is 0 Å². The van der Waals surface area contributed by atoms with E-state index in [1.54, 1.807) is 0 Å². The Bertz CT molecular complexity index is 775. The van der Waals surface area contributed by atoms with Crippen molar-refractivity contribution in [3.63, 3.8) is 0 Å². The monoisotopic (exact) mass is 356 g/mol. The van der Waals surface area contributed by atoms with Crippen LogP contribution < -0.4 is 0 Å². The molecular weight excluding hydrogens is 332 g/mol. The van der Waals surface area contributed by atoms with E-state index < -0.39 is 5.97 Å². The van der Waals surface area contributed by atoms with E-state index >= 15 is 0 Å². The van der Waals surface area contributed by atoms with Crippen LogP contribution in [0.25, 0.3) is 0 Å². The number of fused-ring (bicyclic) bond motifs is 2. The minimum atomic E-state index is -0.488. The molecule has 6 heteroatoms. The number of ether oxygens (including phenoxy) is 1. The summed E-state index contributed by atoms with van der Waals surface area (Å²) >= 11 is 0. The molecule has 6 nitrogen and oxygen atoms in total. The summed E-state index contributed by atoms with van der Waals surface area (Å²) in [5, 5.41) is 10.3. The number of aliphatic hydroxyl groups excluding tert-OH is 1. The van der Waals surface area contributed by atoms with Crippen molar-refractivity contribution < 1.29 is 19.1 Å². The van der Waals surface area contributed by atoms with Crippen molar-refractivity contribution in [1.29, 1.82) is 0 Å². The number of methoxy groups -OCH3 is 1. The topological polar surface area (TPSA) is 75.8 Å². The number of carbonyl (C=O) groups is 1. The first-order chi connectivity index (χ1) is 12.6. The summed E-state index contributed by atoms with van der Waals surface area (Å²) in [6.07, 6.45) is 5.41. The zero-order valence-corrected chi connectivity index (χ0v) is 14.9. The van der Waals surface area contributed by atoms with E-state index in [1.165, 1.54) is 18.9 Å². The lowest BCUT2D eigenvalue weighted by Crippen LogP contribution is -2.41. The van der Waals surface area contributed by atoms with Gasteiger partial charge in [-0.3, -0.25) is 4.90 Å². The van der Waals surface area contributed by atoms with Gasteiger partial charge in [0.1, 0.15) is 6.26 Å². The Hall–Kier alpha value is -2.18. The molecule has 2 aromatic rings. The van der Waals surface area contributed by atoms with E-state index in [-0.39, 0.29) is 17.7 Å². The van der Waals surface area contributed by atoms with Crippen molar-refractivity contribution in [1.82, 2.24) is 9.88 Å². The van der Waals surface area contributed by atoms with Crippen LogP contribution in [-0.2, 0) is 17.7 Å². The molecule has 0 saturated carbocycles. The minimum Gasteiger partial charge on any atom is -0.464 e. The fourth-order valence-corrected chi connectivity index (χ4v) is 4.81. The molecule has 3 atom stereocenters. The predicted octanol–water partition coefficient (Wildman–Crippen LogP) is 2.42. The number of carbonyl (C=O) groups excluding carboxylic acids is 1. The summed E-state index contributed by atoms with van der Waals surface area (Å²) in [6, 6.07) is 11.1. The van der Waals surface area contributed by atoms with Crippen molar-refractivity contribution in [3.8, 4) is 0 Å². The van der Waals surface area contributed by atoms with E-state index in [0.717, 1.165) is 25.7 Å². The van der Waals surface area contributed by atoms with Gasteiger partial charge in [-0.25, -0.2) is 9.78 Å². The van der Waals surface area contributed by atoms with Gasteiger partial charge in [0.15, 0.2) is 5.69 Å². The third-order valence-electron chi connectivity index (χ3n) is 5.97. The van der Waals surface area contributed by atoms with Gasteiger partial charge < -0.3 is 14.3 Å². The Morgan fingerprint density at radius 3 is 2.92 bits per heavy atom. The second-order valence-electron chi connectivity index (χ2n) is 7.42. The van der Waals surface area contributed by atoms with Gasteiger partial charge in [0.25, 0.3) is 0 Å². The van der Waals surface area contributed by atoms with Gasteiger partial charge in [0.05, 0.1) is 20.3 Å². The molecule has 2 aliphatic rings. The molecule has 138 valence electrons. The smallest absolute Gasteiger partial charge is 0.360 e. The van der Waals surface area contributed by atoms with Crippen LogP contribution in [0.2, 0.25) is 0 Å². The normalized spacial score (nSPS) is 27.8. The molecule has 0 amide bonds. The minimum absolute atomic E-state index is 0.123. The lowest BCUT2D eigenvalue weighted by molar-refractivity contribution is 0.0593. The lowest BCUT2D eigenvalue weighted by atomic mass is 9.70. The SMILES string of the molecule is COC(=O)c1coc(CN2[C@@H]3CC[C@H]2[C@](CO)(Cc2ccccc2)C3)n1. The molecule has 4 rings (SSSR count). The zero-order chi connectivity index (χ0) is 18.1. The molecule has 0 radical (unpaired) electrons. The molecule has 3 heterocycles. The fourth-order valence-electron chi connectivity index (χ4n) is 4.81. The van der Waals surface area contributed by atoms with E-state index in [1.807, 2.05) is 18.2 Å². The fraction of sp³-hybridized carbons (Fsp3) is 0.500. The summed E-state index contributed by atoms with van der Waals surface area (Å²) in [5.74, 6) is 0.0360. The molecular formula is C20H24N2O4. The highest BCUT2D eigenvalue weighted by molar-refractivity contribution is 5.86. The summed E-state index contributed by atoms with van der Waals surface area (Å²) in [7, 11) is 1.33. The Morgan fingerprint density at radius 2 is 2.19 bits per heavy atom. The summed E-state index contributed by atoms with van der Waals surface area (Å²) in [5.41, 5.74) is 1.34. The molecule has 0 unspecified atom stereocenters. The van der Waals surface area contributed by atoms with Crippen LogP contribution in [0.15, 0.2) is 41.0 Å². The largest absolute Gasteiger partial charge is 0.464 e. The number of aromatic nitrogens is 1. The van der Waals surface area contributed by atoms with Gasteiger partial charge in [-0.05, 0) is 31.2 Å². The first-order valence-electron chi connectivity index (χ1n) is 9.08. The molecule has 0 spiro atoms. The highest BCUT2D eigenvalue weighted by atomic mass is 16.5. The standard InChI is InChI=1S/C20H24N2O4/c1-25-19(24)16-12-26-18(21-16)11-22-15-7-8-17(22)20(10-15,13-23)9-14-5-3-2-4-6-14/h2-6,12,15,17,23H,7-11,13H2,1H3/t15-,17+,20-/m1/s1. The highest BCUT2D eigenvalue weighted by Crippen LogP contribution is 2.51. The number of hydrogen-bond donors (Lipinski definition) is 1. The van der Waals surface area contributed by atoms with Gasteiger partial charge >= 0.3 is 5.97 Å². The van der Waals surface area contributed by atoms with Gasteiger partial charge in [-0.1, -0.05) is 30.3 Å². The third kappa shape index (κ3) is 2.93. The number of hydrogen-bond acceptors (Lipinski definition) is 6. The average Bonchev–Trinajstić information content (AvgIpc) is 3.37. The highest BCUT2D eigenvalue weighted by Gasteiger charge is 2.55. The van der Waals surface area contributed by atoms with E-state index in [0.29, 0.717) is 24.5 Å². The third-order valence-corrected chi connectivity index (χ3v) is 5.97. The van der Waals surface area contributed by atoms with Crippen molar-refractivity contribution >= 4 is 5.97 Å². The molecule has 1 aromatic heterocycles. The van der Waals surface area contributed by atoms with E-state index in [4.69, 9.17) is 4.42 Å². The number of benzene rings is 1. The lowest BCUT2D eigenvalue weighted by Gasteiger charge is -2.36. The quantitative estimate of drug-likeness (QED) is 0.801. The molecule has 2 aliphatic heterocycles. The number of rotatable bonds is 6. The maximum atomic E-state index is 11.6. The molecule has 2 fully saturated rings. The van der Waals surface area contributed by atoms with Crippen molar-refractivity contribution in [3.05, 3.63) is 53.7 Å². The van der Waals surface area contributed by atoms with E-state index in [9.17, 15) is 9.90 Å². The number of oxazole rings is 1. The maximum absolute atomic E-state index is 11.6. The predicted molar refractivity (Wildman–Crippen MR) is 94.5 cm³/mol. The molecule has 2 saturated heterocycles. The summed E-state index contributed by atoms with van der Waals surface area (Å²) in [4.78, 5) is 18.2. The number of nitrogens with zero attached hydrogens (tertiary/aromatic N) is 2. The Kier molecular flexibility index (Phi) is 4.54. The Balaban J connectivity index is 1.52. The van der Waals surface area contributed by atoms with Crippen LogP contribution >= 0.6 is 0 Å². The first kappa shape index (κ1) is 17.2. The Morgan fingerprint density at radius 1 is 1.38 bits per heavy atom. The van der Waals surface area contributed by atoms with Crippen LogP contribution in [0.5, 0.6) is 0 Å². The van der Waals surface area contributed by atoms with E-state index in [2.05, 4.69) is 26.8 Å². The van der Waals surface area contributed by atoms with Crippen molar-refractivity contribution in [2.75, 3.05) is 13.7 Å². The number of esters is 1. The van der Waals surface area contributed by atoms with Crippen LogP contribution in [0, 0.1) is 5.41 Å². The molecule has 1 N–H and O–H groups in total. The molecule has 0 aliphatic carbocycles. The van der Waals surface area contributed by atoms with Crippen LogP contribution in [0.3, 0.4) is 0 Å². The van der Waals surface area contributed by atoms with Crippen LogP contribution in [-0.4, -0.2) is 46.8 Å². The van der Waals surface area contributed by atoms with Crippen LogP contribution in [0.4, 0.5) is 0 Å². The van der Waals surface area contributed by atoms with Gasteiger partial charge in [0.2, 0.25) is 5.89 Å². The number of aliphatic hydroxyl groups is 1. The second-order valence-corrected chi connectivity index (χ2v) is 7.42. The van der Waals surface area contributed by atoms with Crippen LogP contribution in [0.1, 0.15) is 41.2 Å². The summed E-state index contributed by atoms with van der Waals surface area (Å²) in [6.45, 7) is 0.738. The summed E-state index contributed by atoms with van der Waals surface area (Å²) < 4.78 is 10.2. The Labute approximate surface area is 152 Å². The molecule has 26 heavy (non-hydrogen) atoms.